The van der Waals surface area contributed by atoms with Crippen molar-refractivity contribution in [3.8, 4) is 0 Å². The highest BCUT2D eigenvalue weighted by molar-refractivity contribution is 7.89. The average molecular weight is 241 g/mol. The van der Waals surface area contributed by atoms with E-state index in [9.17, 15) is 13.5 Å². The van der Waals surface area contributed by atoms with E-state index >= 15 is 0 Å². The van der Waals surface area contributed by atoms with E-state index in [0.717, 1.165) is 5.56 Å². The van der Waals surface area contributed by atoms with Gasteiger partial charge in [-0.3, -0.25) is 0 Å². The van der Waals surface area contributed by atoms with E-state index in [2.05, 4.69) is 0 Å². The zero-order valence-electron chi connectivity index (χ0n) is 9.13. The molecule has 0 aliphatic carbocycles. The molecule has 0 spiro atoms. The maximum atomic E-state index is 12.2. The first kappa shape index (κ1) is 11.6. The lowest BCUT2D eigenvalue weighted by atomic mass is 10.2. The number of aliphatic hydroxyl groups is 1. The Hall–Kier alpha value is -0.910. The van der Waals surface area contributed by atoms with Crippen LogP contribution in [-0.2, 0) is 10.0 Å². The summed E-state index contributed by atoms with van der Waals surface area (Å²) in [5.74, 6) is 0. The lowest BCUT2D eigenvalue weighted by Crippen LogP contribution is -2.30. The van der Waals surface area contributed by atoms with Gasteiger partial charge in [0.15, 0.2) is 0 Å². The molecule has 0 bridgehead atoms. The van der Waals surface area contributed by atoms with Gasteiger partial charge in [0.2, 0.25) is 10.0 Å². The van der Waals surface area contributed by atoms with Gasteiger partial charge in [-0.2, -0.15) is 4.31 Å². The maximum Gasteiger partial charge on any atom is 0.243 e. The van der Waals surface area contributed by atoms with Crippen LogP contribution in [0.15, 0.2) is 29.2 Å². The number of hydrogen-bond acceptors (Lipinski definition) is 3. The number of rotatable bonds is 2. The Labute approximate surface area is 95.6 Å². The van der Waals surface area contributed by atoms with Gasteiger partial charge in [-0.25, -0.2) is 8.42 Å². The number of nitrogens with zero attached hydrogens (tertiary/aromatic N) is 1. The van der Waals surface area contributed by atoms with E-state index in [-0.39, 0.29) is 6.54 Å². The summed E-state index contributed by atoms with van der Waals surface area (Å²) in [4.78, 5) is 0.337. The molecule has 1 heterocycles. The minimum absolute atomic E-state index is 0.205. The van der Waals surface area contributed by atoms with Gasteiger partial charge in [0.05, 0.1) is 11.0 Å². The second-order valence-electron chi connectivity index (χ2n) is 4.07. The topological polar surface area (TPSA) is 57.6 Å². The molecule has 0 saturated carbocycles. The van der Waals surface area contributed by atoms with E-state index in [1.165, 1.54) is 4.31 Å². The van der Waals surface area contributed by atoms with Crippen LogP contribution in [0.2, 0.25) is 0 Å². The van der Waals surface area contributed by atoms with Crippen LogP contribution in [-0.4, -0.2) is 37.0 Å². The highest BCUT2D eigenvalue weighted by Gasteiger charge is 2.32. The fourth-order valence-electron chi connectivity index (χ4n) is 1.91. The standard InChI is InChI=1S/C11H15NO3S/c1-9-4-2-3-5-11(9)16(14,15)12-7-6-10(13)8-12/h2-5,10,13H,6-8H2,1H3/t10-/m0/s1. The number of sulfonamides is 1. The van der Waals surface area contributed by atoms with Crippen LogP contribution in [0.5, 0.6) is 0 Å². The van der Waals surface area contributed by atoms with Gasteiger partial charge in [0, 0.05) is 13.1 Å². The number of aliphatic hydroxyl groups excluding tert-OH is 1. The minimum Gasteiger partial charge on any atom is -0.392 e. The van der Waals surface area contributed by atoms with Crippen molar-refractivity contribution in [1.82, 2.24) is 4.31 Å². The normalized spacial score (nSPS) is 22.5. The SMILES string of the molecule is Cc1ccccc1S(=O)(=O)N1CC[C@H](O)C1. The van der Waals surface area contributed by atoms with E-state index in [1.54, 1.807) is 25.1 Å². The van der Waals surface area contributed by atoms with Gasteiger partial charge in [-0.1, -0.05) is 18.2 Å². The summed E-state index contributed by atoms with van der Waals surface area (Å²) in [6.07, 6.45) is -0.00994. The molecule has 0 unspecified atom stereocenters. The Kier molecular flexibility index (Phi) is 3.01. The number of aryl methyl sites for hydroxylation is 1. The Bertz CT molecular complexity index is 484. The molecule has 1 fully saturated rings. The quantitative estimate of drug-likeness (QED) is 0.831. The maximum absolute atomic E-state index is 12.2. The fourth-order valence-corrected chi connectivity index (χ4v) is 3.63. The Balaban J connectivity index is 2.36. The molecule has 0 amide bonds. The summed E-state index contributed by atoms with van der Waals surface area (Å²) in [7, 11) is -3.43. The van der Waals surface area contributed by atoms with Crippen LogP contribution in [0.1, 0.15) is 12.0 Å². The van der Waals surface area contributed by atoms with Crippen molar-refractivity contribution >= 4 is 10.0 Å². The Morgan fingerprint density at radius 1 is 1.38 bits per heavy atom. The second kappa shape index (κ2) is 4.16. The minimum atomic E-state index is -3.43. The molecule has 1 aromatic rings. The van der Waals surface area contributed by atoms with Crippen molar-refractivity contribution in [2.24, 2.45) is 0 Å². The third kappa shape index (κ3) is 1.98. The zero-order valence-corrected chi connectivity index (χ0v) is 9.94. The zero-order chi connectivity index (χ0) is 11.8. The molecule has 16 heavy (non-hydrogen) atoms. The molecule has 4 nitrogen and oxygen atoms in total. The van der Waals surface area contributed by atoms with Gasteiger partial charge >= 0.3 is 0 Å². The average Bonchev–Trinajstić information content (AvgIpc) is 2.66. The number of benzene rings is 1. The van der Waals surface area contributed by atoms with E-state index in [1.807, 2.05) is 6.07 Å². The van der Waals surface area contributed by atoms with Crippen LogP contribution < -0.4 is 0 Å². The predicted molar refractivity (Wildman–Crippen MR) is 60.6 cm³/mol. The van der Waals surface area contributed by atoms with E-state index in [0.29, 0.717) is 17.9 Å². The van der Waals surface area contributed by atoms with Crippen LogP contribution in [0.25, 0.3) is 0 Å². The molecule has 2 rings (SSSR count). The first-order valence-corrected chi connectivity index (χ1v) is 6.69. The van der Waals surface area contributed by atoms with Crippen LogP contribution >= 0.6 is 0 Å². The molecule has 5 heteroatoms. The summed E-state index contributed by atoms with van der Waals surface area (Å²) in [6.45, 7) is 2.38. The van der Waals surface area contributed by atoms with E-state index < -0.39 is 16.1 Å². The van der Waals surface area contributed by atoms with Gasteiger partial charge in [-0.05, 0) is 25.0 Å². The monoisotopic (exact) mass is 241 g/mol. The number of hydrogen-bond donors (Lipinski definition) is 1. The van der Waals surface area contributed by atoms with Crippen molar-refractivity contribution in [1.29, 1.82) is 0 Å². The van der Waals surface area contributed by atoms with Gasteiger partial charge in [-0.15, -0.1) is 0 Å². The fraction of sp³-hybridized carbons (Fsp3) is 0.455. The Morgan fingerprint density at radius 3 is 2.62 bits per heavy atom. The van der Waals surface area contributed by atoms with Crippen LogP contribution in [0, 0.1) is 6.92 Å². The molecule has 1 aromatic carbocycles. The molecular weight excluding hydrogens is 226 g/mol. The van der Waals surface area contributed by atoms with Gasteiger partial charge < -0.3 is 5.11 Å². The van der Waals surface area contributed by atoms with Crippen molar-refractivity contribution in [2.75, 3.05) is 13.1 Å². The van der Waals surface area contributed by atoms with Gasteiger partial charge in [0.1, 0.15) is 0 Å². The summed E-state index contributed by atoms with van der Waals surface area (Å²) < 4.78 is 25.8. The summed E-state index contributed by atoms with van der Waals surface area (Å²) in [5, 5.41) is 9.37. The highest BCUT2D eigenvalue weighted by Crippen LogP contribution is 2.23. The van der Waals surface area contributed by atoms with Gasteiger partial charge in [0.25, 0.3) is 0 Å². The highest BCUT2D eigenvalue weighted by atomic mass is 32.2. The third-order valence-corrected chi connectivity index (χ3v) is 4.86. The predicted octanol–water partition coefficient (Wildman–Crippen LogP) is 0.750. The summed E-state index contributed by atoms with van der Waals surface area (Å²) in [5.41, 5.74) is 0.740. The molecule has 1 atom stereocenters. The summed E-state index contributed by atoms with van der Waals surface area (Å²) in [6, 6.07) is 6.91. The molecule has 1 saturated heterocycles. The second-order valence-corrected chi connectivity index (χ2v) is 5.98. The molecule has 1 aliphatic rings. The van der Waals surface area contributed by atoms with Crippen LogP contribution in [0.4, 0.5) is 0 Å². The van der Waals surface area contributed by atoms with Crippen LogP contribution in [0.3, 0.4) is 0 Å². The first-order chi connectivity index (χ1) is 7.51. The first-order valence-electron chi connectivity index (χ1n) is 5.25. The molecular formula is C11H15NO3S. The molecule has 1 N–H and O–H groups in total. The largest absolute Gasteiger partial charge is 0.392 e. The van der Waals surface area contributed by atoms with Crippen molar-refractivity contribution in [3.05, 3.63) is 29.8 Å². The Morgan fingerprint density at radius 2 is 2.06 bits per heavy atom. The lowest BCUT2D eigenvalue weighted by molar-refractivity contribution is 0.189. The number of β-amino-alcohol motifs (C(OH)–C–C–N with tert-alkyl or cyclic N) is 1. The summed E-state index contributed by atoms with van der Waals surface area (Å²) >= 11 is 0. The van der Waals surface area contributed by atoms with E-state index in [4.69, 9.17) is 0 Å². The molecule has 88 valence electrons. The van der Waals surface area contributed by atoms with Crippen molar-refractivity contribution < 1.29 is 13.5 Å². The lowest BCUT2D eigenvalue weighted by Gasteiger charge is -2.17. The molecule has 0 radical (unpaired) electrons. The third-order valence-electron chi connectivity index (χ3n) is 2.84. The molecule has 0 aromatic heterocycles. The van der Waals surface area contributed by atoms with Crippen molar-refractivity contribution in [3.63, 3.8) is 0 Å². The smallest absolute Gasteiger partial charge is 0.243 e. The van der Waals surface area contributed by atoms with Crippen molar-refractivity contribution in [2.45, 2.75) is 24.3 Å². The molecule has 1 aliphatic heterocycles.